The molecule has 0 aliphatic carbocycles. The molecule has 0 radical (unpaired) electrons. The maximum atomic E-state index is 5.30. The third kappa shape index (κ3) is 5.22. The van der Waals surface area contributed by atoms with Crippen molar-refractivity contribution in [1.82, 2.24) is 9.97 Å². The highest BCUT2D eigenvalue weighted by Crippen LogP contribution is 2.22. The zero-order valence-corrected chi connectivity index (χ0v) is 14.6. The van der Waals surface area contributed by atoms with Crippen molar-refractivity contribution in [2.45, 2.75) is 46.6 Å². The summed E-state index contributed by atoms with van der Waals surface area (Å²) in [6, 6.07) is 0. The van der Waals surface area contributed by atoms with Gasteiger partial charge in [-0.25, -0.2) is 9.97 Å². The van der Waals surface area contributed by atoms with E-state index in [4.69, 9.17) is 9.72 Å². The van der Waals surface area contributed by atoms with Gasteiger partial charge in [0, 0.05) is 20.1 Å². The predicted octanol–water partition coefficient (Wildman–Crippen LogP) is 3.29. The van der Waals surface area contributed by atoms with Crippen LogP contribution >= 0.6 is 22.6 Å². The standard InChI is InChI=1S/C14H24IN3O/c1-6-16-14-13(15)11(7-9(2)3)17-12(18-14)8-10(4)19-5/h9-10H,6-8H2,1-5H3,(H,16,17,18). The second-order valence-electron chi connectivity index (χ2n) is 5.13. The first-order chi connectivity index (χ1) is 8.97. The summed E-state index contributed by atoms with van der Waals surface area (Å²) in [5, 5.41) is 3.32. The Morgan fingerprint density at radius 3 is 2.42 bits per heavy atom. The zero-order chi connectivity index (χ0) is 14.4. The Morgan fingerprint density at radius 2 is 1.89 bits per heavy atom. The Bertz CT molecular complexity index is 410. The Kier molecular flexibility index (Phi) is 6.99. The third-order valence-corrected chi connectivity index (χ3v) is 3.92. The molecule has 1 unspecified atom stereocenters. The Balaban J connectivity index is 3.07. The number of nitrogens with one attached hydrogen (secondary N) is 1. The van der Waals surface area contributed by atoms with Gasteiger partial charge in [0.15, 0.2) is 0 Å². The molecule has 1 atom stereocenters. The average Bonchev–Trinajstić information content (AvgIpc) is 2.34. The van der Waals surface area contributed by atoms with Crippen LogP contribution in [0.25, 0.3) is 0 Å². The summed E-state index contributed by atoms with van der Waals surface area (Å²) >= 11 is 2.34. The number of aromatic nitrogens is 2. The Morgan fingerprint density at radius 1 is 1.21 bits per heavy atom. The van der Waals surface area contributed by atoms with Crippen molar-refractivity contribution in [1.29, 1.82) is 0 Å². The van der Waals surface area contributed by atoms with Crippen molar-refractivity contribution in [3.8, 4) is 0 Å². The normalized spacial score (nSPS) is 12.8. The summed E-state index contributed by atoms with van der Waals surface area (Å²) in [5.74, 6) is 2.40. The van der Waals surface area contributed by atoms with Crippen molar-refractivity contribution in [3.05, 3.63) is 15.1 Å². The van der Waals surface area contributed by atoms with Crippen LogP contribution in [0.2, 0.25) is 0 Å². The molecule has 0 amide bonds. The third-order valence-electron chi connectivity index (χ3n) is 2.78. The maximum absolute atomic E-state index is 5.30. The molecule has 1 rings (SSSR count). The molecule has 0 saturated heterocycles. The van der Waals surface area contributed by atoms with Gasteiger partial charge in [0.25, 0.3) is 0 Å². The van der Waals surface area contributed by atoms with E-state index in [1.54, 1.807) is 7.11 Å². The van der Waals surface area contributed by atoms with E-state index < -0.39 is 0 Å². The fraction of sp³-hybridized carbons (Fsp3) is 0.714. The van der Waals surface area contributed by atoms with E-state index in [-0.39, 0.29) is 6.10 Å². The highest BCUT2D eigenvalue weighted by molar-refractivity contribution is 14.1. The number of nitrogens with zero attached hydrogens (tertiary/aromatic N) is 2. The summed E-state index contributed by atoms with van der Waals surface area (Å²) in [5.41, 5.74) is 1.14. The van der Waals surface area contributed by atoms with Crippen LogP contribution in [0.5, 0.6) is 0 Å². The molecular formula is C14H24IN3O. The van der Waals surface area contributed by atoms with Crippen molar-refractivity contribution in [2.75, 3.05) is 19.0 Å². The molecule has 5 heteroatoms. The molecule has 1 N–H and O–H groups in total. The fourth-order valence-corrected chi connectivity index (χ4v) is 2.44. The quantitative estimate of drug-likeness (QED) is 0.741. The van der Waals surface area contributed by atoms with Gasteiger partial charge in [-0.3, -0.25) is 0 Å². The molecule has 0 aliphatic heterocycles. The van der Waals surface area contributed by atoms with Gasteiger partial charge in [0.05, 0.1) is 15.4 Å². The van der Waals surface area contributed by atoms with Crippen LogP contribution in [-0.2, 0) is 17.6 Å². The molecule has 0 saturated carbocycles. The minimum absolute atomic E-state index is 0.140. The van der Waals surface area contributed by atoms with Gasteiger partial charge in [0.2, 0.25) is 0 Å². The van der Waals surface area contributed by atoms with Crippen molar-refractivity contribution >= 4 is 28.4 Å². The molecule has 4 nitrogen and oxygen atoms in total. The highest BCUT2D eigenvalue weighted by Gasteiger charge is 2.14. The second-order valence-corrected chi connectivity index (χ2v) is 6.21. The molecular weight excluding hydrogens is 353 g/mol. The number of rotatable bonds is 7. The molecule has 0 spiro atoms. The van der Waals surface area contributed by atoms with E-state index >= 15 is 0 Å². The van der Waals surface area contributed by atoms with Gasteiger partial charge in [-0.05, 0) is 48.8 Å². The van der Waals surface area contributed by atoms with E-state index in [2.05, 4.69) is 53.7 Å². The maximum Gasteiger partial charge on any atom is 0.143 e. The van der Waals surface area contributed by atoms with Gasteiger partial charge in [-0.15, -0.1) is 0 Å². The lowest BCUT2D eigenvalue weighted by Gasteiger charge is -2.15. The first-order valence-electron chi connectivity index (χ1n) is 6.79. The lowest BCUT2D eigenvalue weighted by atomic mass is 10.1. The lowest BCUT2D eigenvalue weighted by molar-refractivity contribution is 0.117. The van der Waals surface area contributed by atoms with Crippen molar-refractivity contribution in [3.63, 3.8) is 0 Å². The summed E-state index contributed by atoms with van der Waals surface area (Å²) < 4.78 is 6.44. The molecule has 108 valence electrons. The van der Waals surface area contributed by atoms with Gasteiger partial charge < -0.3 is 10.1 Å². The van der Waals surface area contributed by atoms with Crippen molar-refractivity contribution < 1.29 is 4.74 Å². The largest absolute Gasteiger partial charge is 0.381 e. The van der Waals surface area contributed by atoms with Crippen LogP contribution in [0, 0.1) is 9.49 Å². The van der Waals surface area contributed by atoms with Crippen LogP contribution in [-0.4, -0.2) is 29.7 Å². The molecule has 19 heavy (non-hydrogen) atoms. The van der Waals surface area contributed by atoms with Crippen LogP contribution in [0.1, 0.15) is 39.2 Å². The van der Waals surface area contributed by atoms with Crippen LogP contribution in [0.15, 0.2) is 0 Å². The number of hydrogen-bond acceptors (Lipinski definition) is 4. The van der Waals surface area contributed by atoms with Gasteiger partial charge in [0.1, 0.15) is 11.6 Å². The molecule has 0 aliphatic rings. The number of anilines is 1. The van der Waals surface area contributed by atoms with Gasteiger partial charge in [-0.2, -0.15) is 0 Å². The average molecular weight is 377 g/mol. The highest BCUT2D eigenvalue weighted by atomic mass is 127. The van der Waals surface area contributed by atoms with E-state index in [1.165, 1.54) is 0 Å². The monoisotopic (exact) mass is 377 g/mol. The van der Waals surface area contributed by atoms with E-state index in [1.807, 2.05) is 6.92 Å². The van der Waals surface area contributed by atoms with Crippen LogP contribution in [0.3, 0.4) is 0 Å². The molecule has 1 heterocycles. The Labute approximate surface area is 129 Å². The number of methoxy groups -OCH3 is 1. The fourth-order valence-electron chi connectivity index (χ4n) is 1.78. The van der Waals surface area contributed by atoms with E-state index in [0.29, 0.717) is 5.92 Å². The topological polar surface area (TPSA) is 47.0 Å². The van der Waals surface area contributed by atoms with E-state index in [0.717, 1.165) is 40.3 Å². The summed E-state index contributed by atoms with van der Waals surface area (Å²) in [7, 11) is 1.72. The smallest absolute Gasteiger partial charge is 0.143 e. The second kappa shape index (κ2) is 7.99. The molecule has 1 aromatic heterocycles. The molecule has 1 aromatic rings. The Hall–Kier alpha value is -0.430. The number of ether oxygens (including phenoxy) is 1. The number of hydrogen-bond donors (Lipinski definition) is 1. The first-order valence-corrected chi connectivity index (χ1v) is 7.87. The number of halogens is 1. The SMILES string of the molecule is CCNc1nc(CC(C)OC)nc(CC(C)C)c1I. The van der Waals surface area contributed by atoms with Crippen LogP contribution in [0.4, 0.5) is 5.82 Å². The van der Waals surface area contributed by atoms with Gasteiger partial charge in [-0.1, -0.05) is 13.8 Å². The zero-order valence-electron chi connectivity index (χ0n) is 12.5. The van der Waals surface area contributed by atoms with Crippen LogP contribution < -0.4 is 5.32 Å². The first kappa shape index (κ1) is 16.6. The molecule has 0 fully saturated rings. The summed E-state index contributed by atoms with van der Waals surface area (Å²) in [6.07, 6.45) is 1.87. The predicted molar refractivity (Wildman–Crippen MR) is 87.6 cm³/mol. The summed E-state index contributed by atoms with van der Waals surface area (Å²) in [6.45, 7) is 9.41. The summed E-state index contributed by atoms with van der Waals surface area (Å²) in [4.78, 5) is 9.31. The minimum atomic E-state index is 0.140. The molecule has 0 aromatic carbocycles. The van der Waals surface area contributed by atoms with Gasteiger partial charge >= 0.3 is 0 Å². The van der Waals surface area contributed by atoms with Crippen molar-refractivity contribution in [2.24, 2.45) is 5.92 Å². The lowest BCUT2D eigenvalue weighted by Crippen LogP contribution is -2.16. The molecule has 0 bridgehead atoms. The van der Waals surface area contributed by atoms with E-state index in [9.17, 15) is 0 Å². The minimum Gasteiger partial charge on any atom is -0.381 e.